The summed E-state index contributed by atoms with van der Waals surface area (Å²) in [6, 6.07) is 26.4. The minimum Gasteiger partial charge on any atom is -0.496 e. The van der Waals surface area contributed by atoms with Crippen molar-refractivity contribution in [2.24, 2.45) is 0 Å². The quantitative estimate of drug-likeness (QED) is 0.238. The molecule has 5 nitrogen and oxygen atoms in total. The molecule has 5 rings (SSSR count). The van der Waals surface area contributed by atoms with Gasteiger partial charge in [0.25, 0.3) is 0 Å². The van der Waals surface area contributed by atoms with Crippen LogP contribution < -0.4 is 20.9 Å². The summed E-state index contributed by atoms with van der Waals surface area (Å²) in [5, 5.41) is 2.35. The summed E-state index contributed by atoms with van der Waals surface area (Å²) in [5.74, 6) is 1.42. The van der Waals surface area contributed by atoms with Crippen molar-refractivity contribution < 1.29 is 9.47 Å². The molecule has 0 atom stereocenters. The number of hydrogen-bond donors (Lipinski definition) is 3. The van der Waals surface area contributed by atoms with E-state index in [2.05, 4.69) is 48.3 Å². The van der Waals surface area contributed by atoms with Crippen molar-refractivity contribution in [2.45, 2.75) is 12.3 Å². The fraction of sp³-hybridized carbons (Fsp3) is 0.143. The highest BCUT2D eigenvalue weighted by atomic mass is 16.5. The second-order valence-corrected chi connectivity index (χ2v) is 8.44. The standard InChI is InChI=1S/C28H27N3O2/c1-28(21-13-11-17(29)15-25(21)32-2,22-14-12-18(30)16-26(22)33-3)23-9-6-8-20-19-7-4-5-10-24(19)31-27(20)23/h4-16,31H,29-30H2,1-3H3. The summed E-state index contributed by atoms with van der Waals surface area (Å²) in [6.07, 6.45) is 0. The third-order valence-corrected chi connectivity index (χ3v) is 6.61. The molecule has 0 aliphatic rings. The topological polar surface area (TPSA) is 86.3 Å². The van der Waals surface area contributed by atoms with Gasteiger partial charge in [-0.1, -0.05) is 48.5 Å². The molecule has 5 aromatic rings. The molecule has 4 aromatic carbocycles. The zero-order chi connectivity index (χ0) is 23.2. The third-order valence-electron chi connectivity index (χ3n) is 6.61. The van der Waals surface area contributed by atoms with Crippen LogP contribution in [0, 0.1) is 0 Å². The maximum Gasteiger partial charge on any atom is 0.125 e. The highest BCUT2D eigenvalue weighted by Gasteiger charge is 2.38. The summed E-state index contributed by atoms with van der Waals surface area (Å²) >= 11 is 0. The molecular weight excluding hydrogens is 410 g/mol. The van der Waals surface area contributed by atoms with Gasteiger partial charge in [-0.05, 0) is 30.7 Å². The van der Waals surface area contributed by atoms with Crippen LogP contribution in [-0.2, 0) is 5.41 Å². The Balaban J connectivity index is 1.93. The molecule has 0 amide bonds. The van der Waals surface area contributed by atoms with E-state index in [1.807, 2.05) is 42.5 Å². The van der Waals surface area contributed by atoms with Crippen LogP contribution >= 0.6 is 0 Å². The van der Waals surface area contributed by atoms with Gasteiger partial charge in [0, 0.05) is 50.9 Å². The molecule has 0 radical (unpaired) electrons. The molecule has 0 saturated heterocycles. The van der Waals surface area contributed by atoms with Crippen LogP contribution in [0.5, 0.6) is 11.5 Å². The van der Waals surface area contributed by atoms with Crippen LogP contribution in [0.25, 0.3) is 21.8 Å². The largest absolute Gasteiger partial charge is 0.496 e. The van der Waals surface area contributed by atoms with Crippen LogP contribution in [0.15, 0.2) is 78.9 Å². The Hall–Kier alpha value is -4.12. The van der Waals surface area contributed by atoms with E-state index in [1.54, 1.807) is 14.2 Å². The van der Waals surface area contributed by atoms with Gasteiger partial charge in [-0.25, -0.2) is 0 Å². The molecule has 5 N–H and O–H groups in total. The minimum absolute atomic E-state index is 0.640. The lowest BCUT2D eigenvalue weighted by Crippen LogP contribution is -2.27. The summed E-state index contributed by atoms with van der Waals surface area (Å²) in [5.41, 5.74) is 18.1. The number of anilines is 2. The molecule has 166 valence electrons. The normalized spacial score (nSPS) is 11.7. The Morgan fingerprint density at radius 2 is 1.24 bits per heavy atom. The maximum absolute atomic E-state index is 6.11. The van der Waals surface area contributed by atoms with Crippen LogP contribution in [0.3, 0.4) is 0 Å². The first-order valence-corrected chi connectivity index (χ1v) is 10.8. The smallest absolute Gasteiger partial charge is 0.125 e. The van der Waals surface area contributed by atoms with E-state index < -0.39 is 5.41 Å². The van der Waals surface area contributed by atoms with Crippen molar-refractivity contribution in [1.82, 2.24) is 4.98 Å². The molecule has 1 aromatic heterocycles. The summed E-state index contributed by atoms with van der Waals surface area (Å²) in [6.45, 7) is 2.19. The van der Waals surface area contributed by atoms with E-state index in [9.17, 15) is 0 Å². The van der Waals surface area contributed by atoms with Crippen molar-refractivity contribution in [3.05, 3.63) is 95.6 Å². The van der Waals surface area contributed by atoms with Gasteiger partial charge in [0.15, 0.2) is 0 Å². The molecule has 1 heterocycles. The van der Waals surface area contributed by atoms with Crippen LogP contribution in [-0.4, -0.2) is 19.2 Å². The number of fused-ring (bicyclic) bond motifs is 3. The van der Waals surface area contributed by atoms with Crippen molar-refractivity contribution in [1.29, 1.82) is 0 Å². The second-order valence-electron chi connectivity index (χ2n) is 8.44. The number of methoxy groups -OCH3 is 2. The molecule has 0 spiro atoms. The molecule has 5 heteroatoms. The molecule has 0 unspecified atom stereocenters. The summed E-state index contributed by atoms with van der Waals surface area (Å²) < 4.78 is 11.7. The monoisotopic (exact) mass is 437 g/mol. The average Bonchev–Trinajstić information content (AvgIpc) is 3.22. The fourth-order valence-corrected chi connectivity index (χ4v) is 4.97. The van der Waals surface area contributed by atoms with Crippen LogP contribution in [0.1, 0.15) is 23.6 Å². The number of para-hydroxylation sites is 2. The summed E-state index contributed by atoms with van der Waals surface area (Å²) in [7, 11) is 3.34. The van der Waals surface area contributed by atoms with Crippen LogP contribution in [0.4, 0.5) is 11.4 Å². The Bertz CT molecular complexity index is 1430. The number of hydrogen-bond acceptors (Lipinski definition) is 4. The molecule has 0 aliphatic heterocycles. The Morgan fingerprint density at radius 3 is 1.85 bits per heavy atom. The molecule has 0 fully saturated rings. The number of rotatable bonds is 5. The van der Waals surface area contributed by atoms with Gasteiger partial charge >= 0.3 is 0 Å². The lowest BCUT2D eigenvalue weighted by atomic mass is 9.69. The van der Waals surface area contributed by atoms with E-state index in [-0.39, 0.29) is 0 Å². The maximum atomic E-state index is 6.11. The predicted molar refractivity (Wildman–Crippen MR) is 136 cm³/mol. The number of aromatic nitrogens is 1. The van der Waals surface area contributed by atoms with Crippen molar-refractivity contribution in [3.63, 3.8) is 0 Å². The van der Waals surface area contributed by atoms with Gasteiger partial charge in [-0.2, -0.15) is 0 Å². The number of ether oxygens (including phenoxy) is 2. The fourth-order valence-electron chi connectivity index (χ4n) is 4.97. The SMILES string of the molecule is COc1cc(N)ccc1C(C)(c1ccc(N)cc1OC)c1cccc2c1[nH]c1ccccc12. The van der Waals surface area contributed by atoms with Crippen molar-refractivity contribution in [2.75, 3.05) is 25.7 Å². The first-order chi connectivity index (χ1) is 16.0. The Morgan fingerprint density at radius 1 is 0.667 bits per heavy atom. The number of H-pyrrole nitrogens is 1. The van der Waals surface area contributed by atoms with Gasteiger partial charge in [-0.15, -0.1) is 0 Å². The predicted octanol–water partition coefficient (Wildman–Crippen LogP) is 5.86. The van der Waals surface area contributed by atoms with E-state index >= 15 is 0 Å². The second kappa shape index (κ2) is 7.78. The highest BCUT2D eigenvalue weighted by Crippen LogP contribution is 2.49. The number of nitrogen functional groups attached to an aromatic ring is 2. The highest BCUT2D eigenvalue weighted by molar-refractivity contribution is 6.08. The van der Waals surface area contributed by atoms with Crippen molar-refractivity contribution in [3.8, 4) is 11.5 Å². The third kappa shape index (κ3) is 3.16. The van der Waals surface area contributed by atoms with Crippen LogP contribution in [0.2, 0.25) is 0 Å². The molecule has 33 heavy (non-hydrogen) atoms. The number of nitrogens with two attached hydrogens (primary N) is 2. The van der Waals surface area contributed by atoms with E-state index in [0.717, 1.165) is 33.1 Å². The van der Waals surface area contributed by atoms with E-state index in [4.69, 9.17) is 20.9 Å². The average molecular weight is 438 g/mol. The van der Waals surface area contributed by atoms with Gasteiger partial charge in [-0.3, -0.25) is 0 Å². The minimum atomic E-state index is -0.640. The number of aromatic amines is 1. The van der Waals surface area contributed by atoms with Crippen molar-refractivity contribution >= 4 is 33.2 Å². The molecule has 0 aliphatic carbocycles. The van der Waals surface area contributed by atoms with Gasteiger partial charge in [0.1, 0.15) is 11.5 Å². The Labute approximate surface area is 192 Å². The Kier molecular flexibility index (Phi) is 4.90. The zero-order valence-corrected chi connectivity index (χ0v) is 19.0. The molecular formula is C28H27N3O2. The number of benzene rings is 4. The van der Waals surface area contributed by atoms with E-state index in [0.29, 0.717) is 22.9 Å². The van der Waals surface area contributed by atoms with Gasteiger partial charge in [0.05, 0.1) is 25.2 Å². The zero-order valence-electron chi connectivity index (χ0n) is 19.0. The van der Waals surface area contributed by atoms with Gasteiger partial charge < -0.3 is 25.9 Å². The number of nitrogens with one attached hydrogen (secondary N) is 1. The molecule has 0 bridgehead atoms. The van der Waals surface area contributed by atoms with E-state index in [1.165, 1.54) is 5.39 Å². The molecule has 0 saturated carbocycles. The van der Waals surface area contributed by atoms with Gasteiger partial charge in [0.2, 0.25) is 0 Å². The first kappa shape index (κ1) is 20.8. The lowest BCUT2D eigenvalue weighted by molar-refractivity contribution is 0.392. The summed E-state index contributed by atoms with van der Waals surface area (Å²) in [4.78, 5) is 3.66. The first-order valence-electron chi connectivity index (χ1n) is 10.8. The lowest BCUT2D eigenvalue weighted by Gasteiger charge is -2.34.